The maximum absolute atomic E-state index is 7.27. The standard InChI is InChI=1S/C76H71N5O/c1-72(2,3)49-40-56-57-41-50(73(4,5)6)43-61(75(10,11)12)68(57)76(67(56)60(42-49)74(7,8)9)58-36-34-52(82-51-33-35-55-54-28-19-20-30-62(54)81(64(55)44-51)66-32-21-22-38-77-66)45-65(58)80-46-79(63-31-23-29-59(76)71(63)80)70-53(47-24-15-13-16-25-47)37-39-78-69(70)48-26-17-14-18-27-48/h13-45H,46H2,1-12H3. The van der Waals surface area contributed by atoms with E-state index in [2.05, 4.69) is 279 Å². The molecule has 0 N–H and O–H groups in total. The molecule has 0 atom stereocenters. The van der Waals surface area contributed by atoms with Gasteiger partial charge in [0.25, 0.3) is 0 Å². The molecule has 406 valence electrons. The minimum Gasteiger partial charge on any atom is -0.457 e. The molecular weight excluding hydrogens is 999 g/mol. The Balaban J connectivity index is 1.09. The van der Waals surface area contributed by atoms with Gasteiger partial charge in [-0.15, -0.1) is 0 Å². The van der Waals surface area contributed by atoms with Crippen molar-refractivity contribution in [3.05, 3.63) is 245 Å². The summed E-state index contributed by atoms with van der Waals surface area (Å²) in [6.45, 7) is 29.3. The van der Waals surface area contributed by atoms with E-state index in [-0.39, 0.29) is 21.7 Å². The number of aromatic nitrogens is 3. The third-order valence-corrected chi connectivity index (χ3v) is 17.7. The van der Waals surface area contributed by atoms with Crippen LogP contribution in [0, 0.1) is 0 Å². The lowest BCUT2D eigenvalue weighted by atomic mass is 9.59. The van der Waals surface area contributed by atoms with E-state index < -0.39 is 5.41 Å². The molecule has 6 nitrogen and oxygen atoms in total. The van der Waals surface area contributed by atoms with Crippen molar-refractivity contribution in [1.82, 2.24) is 14.5 Å². The summed E-state index contributed by atoms with van der Waals surface area (Å²) in [5, 5.41) is 2.32. The van der Waals surface area contributed by atoms with Gasteiger partial charge in [-0.05, 0) is 131 Å². The Labute approximate surface area is 483 Å². The first-order chi connectivity index (χ1) is 39.2. The van der Waals surface area contributed by atoms with E-state index in [0.29, 0.717) is 6.67 Å². The van der Waals surface area contributed by atoms with Crippen LogP contribution in [-0.2, 0) is 27.1 Å². The van der Waals surface area contributed by atoms with Crippen molar-refractivity contribution in [3.63, 3.8) is 0 Å². The van der Waals surface area contributed by atoms with Crippen LogP contribution in [0.5, 0.6) is 11.5 Å². The number of pyridine rings is 2. The molecule has 2 aliphatic heterocycles. The zero-order chi connectivity index (χ0) is 56.8. The quantitative estimate of drug-likeness (QED) is 0.166. The maximum atomic E-state index is 7.27. The van der Waals surface area contributed by atoms with Gasteiger partial charge in [-0.1, -0.05) is 210 Å². The Kier molecular flexibility index (Phi) is 11.4. The highest BCUT2D eigenvalue weighted by molar-refractivity contribution is 6.10. The molecule has 11 aromatic rings. The lowest BCUT2D eigenvalue weighted by molar-refractivity contribution is 0.482. The lowest BCUT2D eigenvalue weighted by Gasteiger charge is -2.46. The number of hydrogen-bond acceptors (Lipinski definition) is 5. The van der Waals surface area contributed by atoms with Crippen LogP contribution in [0.3, 0.4) is 0 Å². The fourth-order valence-electron chi connectivity index (χ4n) is 13.8. The fraction of sp³-hybridized carbons (Fsp3) is 0.237. The molecule has 3 aromatic heterocycles. The van der Waals surface area contributed by atoms with Crippen molar-refractivity contribution in [3.8, 4) is 50.8 Å². The fourth-order valence-corrected chi connectivity index (χ4v) is 13.8. The largest absolute Gasteiger partial charge is 0.457 e. The highest BCUT2D eigenvalue weighted by Gasteiger charge is 2.57. The molecule has 0 radical (unpaired) electrons. The van der Waals surface area contributed by atoms with Crippen LogP contribution in [0.25, 0.3) is 61.1 Å². The summed E-state index contributed by atoms with van der Waals surface area (Å²) in [5.74, 6) is 2.38. The first-order valence-electron chi connectivity index (χ1n) is 29.2. The molecule has 0 unspecified atom stereocenters. The van der Waals surface area contributed by atoms with Gasteiger partial charge in [0, 0.05) is 46.4 Å². The Bertz CT molecular complexity index is 4230. The van der Waals surface area contributed by atoms with E-state index in [1.54, 1.807) is 0 Å². The molecule has 0 saturated heterocycles. The van der Waals surface area contributed by atoms with E-state index in [1.165, 1.54) is 66.7 Å². The van der Waals surface area contributed by atoms with E-state index in [9.17, 15) is 0 Å². The summed E-state index contributed by atoms with van der Waals surface area (Å²) in [7, 11) is 0. The maximum Gasteiger partial charge on any atom is 0.137 e. The van der Waals surface area contributed by atoms with E-state index in [4.69, 9.17) is 14.7 Å². The van der Waals surface area contributed by atoms with Gasteiger partial charge in [0.05, 0.1) is 44.9 Å². The first kappa shape index (κ1) is 51.4. The topological polar surface area (TPSA) is 46.4 Å². The summed E-state index contributed by atoms with van der Waals surface area (Å²) in [4.78, 5) is 15.3. The predicted molar refractivity (Wildman–Crippen MR) is 341 cm³/mol. The zero-order valence-corrected chi connectivity index (χ0v) is 49.4. The average Bonchev–Trinajstić information content (AvgIpc) is 1.51. The second kappa shape index (κ2) is 18.1. The van der Waals surface area contributed by atoms with Crippen molar-refractivity contribution in [2.24, 2.45) is 0 Å². The molecule has 1 spiro atoms. The van der Waals surface area contributed by atoms with Crippen molar-refractivity contribution >= 4 is 44.6 Å². The Hall–Kier alpha value is -8.74. The van der Waals surface area contributed by atoms with Crippen LogP contribution in [0.2, 0.25) is 0 Å². The molecule has 8 aromatic carbocycles. The van der Waals surface area contributed by atoms with Crippen LogP contribution in [-0.4, -0.2) is 21.2 Å². The number of anilines is 4. The first-order valence-corrected chi connectivity index (χ1v) is 29.2. The van der Waals surface area contributed by atoms with Crippen LogP contribution >= 0.6 is 0 Å². The predicted octanol–water partition coefficient (Wildman–Crippen LogP) is 19.8. The van der Waals surface area contributed by atoms with E-state index >= 15 is 0 Å². The number of benzene rings is 8. The summed E-state index contributed by atoms with van der Waals surface area (Å²) in [5.41, 5.74) is 22.9. The number of ether oxygens (including phenoxy) is 1. The second-order valence-electron chi connectivity index (χ2n) is 27.1. The Morgan fingerprint density at radius 2 is 1.00 bits per heavy atom. The third-order valence-electron chi connectivity index (χ3n) is 17.7. The Morgan fingerprint density at radius 1 is 0.415 bits per heavy atom. The number of para-hydroxylation sites is 2. The van der Waals surface area contributed by atoms with Gasteiger partial charge >= 0.3 is 0 Å². The van der Waals surface area contributed by atoms with Crippen molar-refractivity contribution < 1.29 is 4.74 Å². The molecule has 0 saturated carbocycles. The Morgan fingerprint density at radius 3 is 1.63 bits per heavy atom. The van der Waals surface area contributed by atoms with Crippen LogP contribution in [0.15, 0.2) is 200 Å². The number of hydrogen-bond donors (Lipinski definition) is 0. The molecule has 1 aliphatic carbocycles. The van der Waals surface area contributed by atoms with Gasteiger partial charge in [-0.25, -0.2) is 4.98 Å². The summed E-state index contributed by atoms with van der Waals surface area (Å²) in [6.07, 6.45) is 3.84. The van der Waals surface area contributed by atoms with E-state index in [0.717, 1.165) is 73.2 Å². The highest BCUT2D eigenvalue weighted by atomic mass is 16.5. The molecule has 82 heavy (non-hydrogen) atoms. The van der Waals surface area contributed by atoms with Gasteiger partial charge in [0.1, 0.15) is 24.0 Å². The number of rotatable bonds is 6. The van der Waals surface area contributed by atoms with Crippen molar-refractivity contribution in [2.45, 2.75) is 110 Å². The molecule has 3 aliphatic rings. The highest BCUT2D eigenvalue weighted by Crippen LogP contribution is 2.69. The van der Waals surface area contributed by atoms with Crippen LogP contribution < -0.4 is 14.5 Å². The monoisotopic (exact) mass is 1070 g/mol. The van der Waals surface area contributed by atoms with Gasteiger partial charge in [0.15, 0.2) is 0 Å². The minimum absolute atomic E-state index is 0.104. The molecule has 5 heterocycles. The molecule has 0 amide bonds. The smallest absolute Gasteiger partial charge is 0.137 e. The molecule has 14 rings (SSSR count). The summed E-state index contributed by atoms with van der Waals surface area (Å²) in [6, 6.07) is 69.4. The normalized spacial score (nSPS) is 14.3. The van der Waals surface area contributed by atoms with Gasteiger partial charge in [-0.2, -0.15) is 0 Å². The third kappa shape index (κ3) is 7.81. The number of nitrogens with zero attached hydrogens (tertiary/aromatic N) is 5. The molecular formula is C76H71N5O. The SMILES string of the molecule is CC(C)(C)c1cc2c(c(C(C)(C)C)c1)C1(c3ccc(Oc4ccc5c6ccccc6n(-c6ccccn6)c5c4)cc3N3CN(c4c(-c5ccccc5)ccnc4-c4ccccc4)c4cccc1c43)c1c-2cc(C(C)(C)C)cc1C(C)(C)C. The zero-order valence-electron chi connectivity index (χ0n) is 49.4. The van der Waals surface area contributed by atoms with Crippen molar-refractivity contribution in [1.29, 1.82) is 0 Å². The van der Waals surface area contributed by atoms with Crippen LogP contribution in [0.4, 0.5) is 22.7 Å². The van der Waals surface area contributed by atoms with Gasteiger partial charge in [-0.3, -0.25) is 9.55 Å². The summed E-state index contributed by atoms with van der Waals surface area (Å²) >= 11 is 0. The van der Waals surface area contributed by atoms with Crippen molar-refractivity contribution in [2.75, 3.05) is 16.5 Å². The number of fused-ring (bicyclic) bond motifs is 12. The average molecular weight is 1070 g/mol. The van der Waals surface area contributed by atoms with E-state index in [1.807, 2.05) is 18.5 Å². The van der Waals surface area contributed by atoms with Crippen LogP contribution in [0.1, 0.15) is 128 Å². The van der Waals surface area contributed by atoms with Gasteiger partial charge < -0.3 is 14.5 Å². The second-order valence-corrected chi connectivity index (χ2v) is 27.1. The lowest BCUT2D eigenvalue weighted by Crippen LogP contribution is -2.40. The molecule has 6 heteroatoms. The molecule has 0 bridgehead atoms. The minimum atomic E-state index is -0.754. The molecule has 0 fully saturated rings. The summed E-state index contributed by atoms with van der Waals surface area (Å²) < 4.78 is 9.52. The van der Waals surface area contributed by atoms with Gasteiger partial charge in [0.2, 0.25) is 0 Å².